The molecule has 8 nitrogen and oxygen atoms in total. The number of nitrogens with zero attached hydrogens (tertiary/aromatic N) is 2. The van der Waals surface area contributed by atoms with E-state index in [-0.39, 0.29) is 12.0 Å². The third-order valence-electron chi connectivity index (χ3n) is 5.05. The maximum Gasteiger partial charge on any atom is 0.255 e. The molecule has 0 bridgehead atoms. The van der Waals surface area contributed by atoms with Crippen molar-refractivity contribution in [1.29, 1.82) is 0 Å². The Morgan fingerprint density at radius 3 is 2.93 bits per heavy atom. The minimum absolute atomic E-state index is 0.00362. The number of aromatic nitrogens is 2. The van der Waals surface area contributed by atoms with Crippen LogP contribution in [0.5, 0.6) is 11.5 Å². The number of hydrogen-bond acceptors (Lipinski definition) is 6. The van der Waals surface area contributed by atoms with Crippen molar-refractivity contribution >= 4 is 5.91 Å². The lowest BCUT2D eigenvalue weighted by Crippen LogP contribution is -2.48. The first-order valence-electron chi connectivity index (χ1n) is 10.2. The van der Waals surface area contributed by atoms with Gasteiger partial charge < -0.3 is 19.5 Å². The molecule has 0 unspecified atom stereocenters. The molecule has 0 radical (unpaired) electrons. The molecule has 2 aromatic rings. The van der Waals surface area contributed by atoms with Gasteiger partial charge in [-0.05, 0) is 24.1 Å². The summed E-state index contributed by atoms with van der Waals surface area (Å²) < 4.78 is 17.0. The average Bonchev–Trinajstić information content (AvgIpc) is 3.21. The summed E-state index contributed by atoms with van der Waals surface area (Å²) in [6, 6.07) is 5.62. The van der Waals surface area contributed by atoms with E-state index in [4.69, 9.17) is 14.2 Å². The Hall–Kier alpha value is -2.58. The molecule has 156 valence electrons. The maximum atomic E-state index is 12.8. The standard InChI is InChI=1S/C21H28N4O4/c1-14(2)12-25-5-6-27-16(13-25)10-22-21(26)17-11-23-24-20(17)15-3-4-18-19(9-15)29-8-7-28-18/h3-4,9,11,14,16H,5-8,10,12-13H2,1-2H3,(H,22,26)(H,23,24)/t16-/m1/s1. The monoisotopic (exact) mass is 400 g/mol. The summed E-state index contributed by atoms with van der Waals surface area (Å²) in [6.07, 6.45) is 1.55. The number of hydrogen-bond donors (Lipinski definition) is 2. The minimum atomic E-state index is -0.173. The van der Waals surface area contributed by atoms with Crippen LogP contribution in [0.15, 0.2) is 24.4 Å². The van der Waals surface area contributed by atoms with Crippen molar-refractivity contribution in [1.82, 2.24) is 20.4 Å². The normalized spacial score (nSPS) is 19.3. The SMILES string of the molecule is CC(C)CN1CCO[C@H](CNC(=O)c2cn[nH]c2-c2ccc3c(c2)OCCO3)C1. The summed E-state index contributed by atoms with van der Waals surface area (Å²) in [6.45, 7) is 9.47. The summed E-state index contributed by atoms with van der Waals surface area (Å²) in [7, 11) is 0. The van der Waals surface area contributed by atoms with E-state index < -0.39 is 0 Å². The van der Waals surface area contributed by atoms with Gasteiger partial charge in [0.05, 0.1) is 30.2 Å². The number of benzene rings is 1. The predicted molar refractivity (Wildman–Crippen MR) is 108 cm³/mol. The van der Waals surface area contributed by atoms with Gasteiger partial charge in [0.1, 0.15) is 13.2 Å². The molecular weight excluding hydrogens is 372 g/mol. The van der Waals surface area contributed by atoms with E-state index in [1.54, 1.807) is 6.20 Å². The lowest BCUT2D eigenvalue weighted by molar-refractivity contribution is -0.0295. The second-order valence-corrected chi connectivity index (χ2v) is 7.87. The van der Waals surface area contributed by atoms with Crippen molar-refractivity contribution in [2.45, 2.75) is 20.0 Å². The molecular formula is C21H28N4O4. The van der Waals surface area contributed by atoms with Crippen LogP contribution in [0.4, 0.5) is 0 Å². The molecule has 1 aromatic carbocycles. The molecule has 0 aliphatic carbocycles. The van der Waals surface area contributed by atoms with Crippen LogP contribution in [-0.4, -0.2) is 73.1 Å². The summed E-state index contributed by atoms with van der Waals surface area (Å²) >= 11 is 0. The number of H-pyrrole nitrogens is 1. The molecule has 4 rings (SSSR count). The molecule has 1 fully saturated rings. The number of rotatable bonds is 6. The third-order valence-corrected chi connectivity index (χ3v) is 5.05. The zero-order chi connectivity index (χ0) is 20.2. The van der Waals surface area contributed by atoms with Crippen molar-refractivity contribution in [2.75, 3.05) is 46.0 Å². The minimum Gasteiger partial charge on any atom is -0.486 e. The summed E-state index contributed by atoms with van der Waals surface area (Å²) in [5.74, 6) is 1.83. The van der Waals surface area contributed by atoms with Gasteiger partial charge in [0.25, 0.3) is 5.91 Å². The van der Waals surface area contributed by atoms with Crippen molar-refractivity contribution in [2.24, 2.45) is 5.92 Å². The van der Waals surface area contributed by atoms with E-state index in [9.17, 15) is 4.79 Å². The molecule has 29 heavy (non-hydrogen) atoms. The number of amides is 1. The second kappa shape index (κ2) is 8.84. The van der Waals surface area contributed by atoms with Crippen LogP contribution in [0.1, 0.15) is 24.2 Å². The van der Waals surface area contributed by atoms with Gasteiger partial charge in [-0.3, -0.25) is 14.8 Å². The van der Waals surface area contributed by atoms with Crippen molar-refractivity contribution in [3.8, 4) is 22.8 Å². The molecule has 1 amide bonds. The smallest absolute Gasteiger partial charge is 0.255 e. The van der Waals surface area contributed by atoms with E-state index in [1.807, 2.05) is 18.2 Å². The second-order valence-electron chi connectivity index (χ2n) is 7.87. The zero-order valence-electron chi connectivity index (χ0n) is 16.9. The van der Waals surface area contributed by atoms with Crippen LogP contribution in [0.3, 0.4) is 0 Å². The first-order chi connectivity index (χ1) is 14.1. The molecule has 1 atom stereocenters. The van der Waals surface area contributed by atoms with Crippen LogP contribution in [0.25, 0.3) is 11.3 Å². The number of carbonyl (C=O) groups is 1. The van der Waals surface area contributed by atoms with Crippen LogP contribution in [0.2, 0.25) is 0 Å². The predicted octanol–water partition coefficient (Wildman–Crippen LogP) is 1.93. The van der Waals surface area contributed by atoms with E-state index in [0.717, 1.165) is 25.2 Å². The Kier molecular flexibility index (Phi) is 6.01. The number of aromatic amines is 1. The van der Waals surface area contributed by atoms with Gasteiger partial charge in [-0.2, -0.15) is 5.10 Å². The quantitative estimate of drug-likeness (QED) is 0.770. The van der Waals surface area contributed by atoms with Crippen molar-refractivity contribution < 1.29 is 19.0 Å². The number of carbonyl (C=O) groups excluding carboxylic acids is 1. The number of fused-ring (bicyclic) bond motifs is 1. The molecule has 0 saturated carbocycles. The number of nitrogens with one attached hydrogen (secondary N) is 2. The summed E-state index contributed by atoms with van der Waals surface area (Å²) in [5, 5.41) is 10.00. The van der Waals surface area contributed by atoms with Gasteiger partial charge in [-0.25, -0.2) is 0 Å². The van der Waals surface area contributed by atoms with E-state index >= 15 is 0 Å². The zero-order valence-corrected chi connectivity index (χ0v) is 16.9. The van der Waals surface area contributed by atoms with Crippen molar-refractivity contribution in [3.05, 3.63) is 30.0 Å². The lowest BCUT2D eigenvalue weighted by Gasteiger charge is -2.33. The first kappa shape index (κ1) is 19.7. The van der Waals surface area contributed by atoms with Gasteiger partial charge in [-0.1, -0.05) is 13.8 Å². The molecule has 2 aliphatic rings. The summed E-state index contributed by atoms with van der Waals surface area (Å²) in [4.78, 5) is 15.2. The fraction of sp³-hybridized carbons (Fsp3) is 0.524. The van der Waals surface area contributed by atoms with E-state index in [2.05, 4.69) is 34.3 Å². The summed E-state index contributed by atoms with van der Waals surface area (Å²) in [5.41, 5.74) is 1.98. The van der Waals surface area contributed by atoms with Gasteiger partial charge in [-0.15, -0.1) is 0 Å². The Morgan fingerprint density at radius 1 is 1.28 bits per heavy atom. The number of ether oxygens (including phenoxy) is 3. The van der Waals surface area contributed by atoms with Crippen LogP contribution >= 0.6 is 0 Å². The van der Waals surface area contributed by atoms with Crippen LogP contribution < -0.4 is 14.8 Å². The molecule has 1 saturated heterocycles. The molecule has 0 spiro atoms. The van der Waals surface area contributed by atoms with Crippen LogP contribution in [-0.2, 0) is 4.74 Å². The molecule has 3 heterocycles. The topological polar surface area (TPSA) is 88.7 Å². The highest BCUT2D eigenvalue weighted by Crippen LogP contribution is 2.34. The fourth-order valence-electron chi connectivity index (χ4n) is 3.77. The van der Waals surface area contributed by atoms with Crippen molar-refractivity contribution in [3.63, 3.8) is 0 Å². The van der Waals surface area contributed by atoms with E-state index in [1.165, 1.54) is 0 Å². The Labute approximate surface area is 170 Å². The lowest BCUT2D eigenvalue weighted by atomic mass is 10.1. The Balaban J connectivity index is 1.40. The highest BCUT2D eigenvalue weighted by molar-refractivity contribution is 5.99. The molecule has 1 aromatic heterocycles. The Morgan fingerprint density at radius 2 is 2.10 bits per heavy atom. The van der Waals surface area contributed by atoms with Crippen LogP contribution in [0, 0.1) is 5.92 Å². The maximum absolute atomic E-state index is 12.8. The molecule has 8 heteroatoms. The molecule has 2 aliphatic heterocycles. The Bertz CT molecular complexity index is 851. The highest BCUT2D eigenvalue weighted by Gasteiger charge is 2.23. The van der Waals surface area contributed by atoms with Gasteiger partial charge in [0, 0.05) is 31.7 Å². The highest BCUT2D eigenvalue weighted by atomic mass is 16.6. The number of morpholine rings is 1. The largest absolute Gasteiger partial charge is 0.486 e. The fourth-order valence-corrected chi connectivity index (χ4v) is 3.77. The van der Waals surface area contributed by atoms with E-state index in [0.29, 0.717) is 55.0 Å². The average molecular weight is 400 g/mol. The van der Waals surface area contributed by atoms with Gasteiger partial charge >= 0.3 is 0 Å². The first-order valence-corrected chi connectivity index (χ1v) is 10.2. The van der Waals surface area contributed by atoms with Gasteiger partial charge in [0.15, 0.2) is 11.5 Å². The third kappa shape index (κ3) is 4.71. The van der Waals surface area contributed by atoms with Gasteiger partial charge in [0.2, 0.25) is 0 Å². The molecule has 2 N–H and O–H groups in total.